The van der Waals surface area contributed by atoms with E-state index in [1.54, 1.807) is 11.3 Å². The van der Waals surface area contributed by atoms with Crippen molar-refractivity contribution < 1.29 is 5.11 Å². The Hall–Kier alpha value is 0.140. The number of thiophene rings is 1. The van der Waals surface area contributed by atoms with Crippen molar-refractivity contribution in [3.05, 3.63) is 20.8 Å². The monoisotopic (exact) mass is 304 g/mol. The van der Waals surface area contributed by atoms with E-state index in [1.165, 1.54) is 4.88 Å². The Morgan fingerprint density at radius 1 is 1.31 bits per heavy atom. The molecule has 3 heteroatoms. The van der Waals surface area contributed by atoms with Gasteiger partial charge in [0.1, 0.15) is 0 Å². The highest BCUT2D eigenvalue weighted by atomic mass is 79.9. The minimum absolute atomic E-state index is 0.176. The molecule has 0 spiro atoms. The van der Waals surface area contributed by atoms with Gasteiger partial charge in [-0.15, -0.1) is 11.3 Å². The molecule has 0 aliphatic carbocycles. The maximum absolute atomic E-state index is 10.2. The van der Waals surface area contributed by atoms with Gasteiger partial charge in [0, 0.05) is 21.2 Å². The summed E-state index contributed by atoms with van der Waals surface area (Å²) in [4.78, 5) is 1.27. The van der Waals surface area contributed by atoms with Crippen LogP contribution in [0, 0.1) is 5.92 Å². The van der Waals surface area contributed by atoms with E-state index in [0.29, 0.717) is 5.92 Å². The molecule has 92 valence electrons. The Bertz CT molecular complexity index is 292. The van der Waals surface area contributed by atoms with Crippen molar-refractivity contribution in [2.45, 2.75) is 52.1 Å². The van der Waals surface area contributed by atoms with Crippen LogP contribution in [-0.2, 0) is 6.42 Å². The third-order valence-corrected chi connectivity index (χ3v) is 4.62. The van der Waals surface area contributed by atoms with Crippen LogP contribution >= 0.6 is 27.3 Å². The lowest BCUT2D eigenvalue weighted by atomic mass is 9.90. The SMILES string of the molecule is CCCC(CCC)C(O)Cc1cc(Br)cs1. The number of rotatable bonds is 7. The van der Waals surface area contributed by atoms with Gasteiger partial charge in [-0.25, -0.2) is 0 Å². The first-order valence-corrected chi connectivity index (χ1v) is 7.75. The van der Waals surface area contributed by atoms with Crippen LogP contribution in [-0.4, -0.2) is 11.2 Å². The Kier molecular flexibility index (Phi) is 6.62. The first-order chi connectivity index (χ1) is 7.67. The van der Waals surface area contributed by atoms with Crippen molar-refractivity contribution in [3.8, 4) is 0 Å². The summed E-state index contributed by atoms with van der Waals surface area (Å²) in [5.41, 5.74) is 0. The summed E-state index contributed by atoms with van der Waals surface area (Å²) in [6.07, 6.45) is 5.24. The molecule has 1 rings (SSSR count). The Balaban J connectivity index is 2.50. The van der Waals surface area contributed by atoms with Crippen molar-refractivity contribution in [2.75, 3.05) is 0 Å². The summed E-state index contributed by atoms with van der Waals surface area (Å²) in [5.74, 6) is 0.468. The topological polar surface area (TPSA) is 20.2 Å². The normalized spacial score (nSPS) is 13.3. The Morgan fingerprint density at radius 2 is 1.94 bits per heavy atom. The standard InChI is InChI=1S/C13H21BrOS/c1-3-5-10(6-4-2)13(15)8-12-7-11(14)9-16-12/h7,9-10,13,15H,3-6,8H2,1-2H3. The first kappa shape index (κ1) is 14.2. The molecule has 1 unspecified atom stereocenters. The summed E-state index contributed by atoms with van der Waals surface area (Å²) in [7, 11) is 0. The third kappa shape index (κ3) is 4.56. The van der Waals surface area contributed by atoms with Crippen LogP contribution in [0.1, 0.15) is 44.4 Å². The summed E-state index contributed by atoms with van der Waals surface area (Å²) in [5, 5.41) is 12.3. The molecule has 1 aromatic rings. The number of hydrogen-bond acceptors (Lipinski definition) is 2. The first-order valence-electron chi connectivity index (χ1n) is 6.08. The van der Waals surface area contributed by atoms with Gasteiger partial charge in [-0.3, -0.25) is 0 Å². The predicted octanol–water partition coefficient (Wildman–Crippen LogP) is 4.63. The molecule has 0 saturated heterocycles. The molecule has 1 atom stereocenters. The van der Waals surface area contributed by atoms with Crippen molar-refractivity contribution in [1.29, 1.82) is 0 Å². The van der Waals surface area contributed by atoms with Gasteiger partial charge in [-0.1, -0.05) is 26.7 Å². The molecule has 0 bridgehead atoms. The van der Waals surface area contributed by atoms with Crippen molar-refractivity contribution in [3.63, 3.8) is 0 Å². The number of aliphatic hydroxyl groups is 1. The lowest BCUT2D eigenvalue weighted by Crippen LogP contribution is -2.22. The molecule has 0 saturated carbocycles. The smallest absolute Gasteiger partial charge is 0.0616 e. The molecule has 1 heterocycles. The molecule has 0 aliphatic rings. The molecule has 1 N–H and O–H groups in total. The van der Waals surface area contributed by atoms with Crippen molar-refractivity contribution in [1.82, 2.24) is 0 Å². The fraction of sp³-hybridized carbons (Fsp3) is 0.692. The largest absolute Gasteiger partial charge is 0.392 e. The average Bonchev–Trinajstić information content (AvgIpc) is 2.63. The van der Waals surface area contributed by atoms with E-state index in [1.807, 2.05) is 0 Å². The molecule has 0 radical (unpaired) electrons. The lowest BCUT2D eigenvalue weighted by molar-refractivity contribution is 0.0971. The highest BCUT2D eigenvalue weighted by Crippen LogP contribution is 2.25. The lowest BCUT2D eigenvalue weighted by Gasteiger charge is -2.21. The maximum atomic E-state index is 10.2. The fourth-order valence-electron chi connectivity index (χ4n) is 2.10. The van der Waals surface area contributed by atoms with Gasteiger partial charge in [0.2, 0.25) is 0 Å². The van der Waals surface area contributed by atoms with E-state index in [2.05, 4.69) is 41.2 Å². The number of aliphatic hydroxyl groups excluding tert-OH is 1. The van der Waals surface area contributed by atoms with Gasteiger partial charge in [0.05, 0.1) is 6.10 Å². The van der Waals surface area contributed by atoms with Gasteiger partial charge in [0.15, 0.2) is 0 Å². The van der Waals surface area contributed by atoms with E-state index < -0.39 is 0 Å². The zero-order chi connectivity index (χ0) is 12.0. The summed E-state index contributed by atoms with van der Waals surface area (Å²) < 4.78 is 1.13. The van der Waals surface area contributed by atoms with Gasteiger partial charge in [-0.2, -0.15) is 0 Å². The summed E-state index contributed by atoms with van der Waals surface area (Å²) in [6, 6.07) is 2.11. The molecule has 0 fully saturated rings. The second-order valence-corrected chi connectivity index (χ2v) is 6.25. The molecule has 0 amide bonds. The summed E-state index contributed by atoms with van der Waals surface area (Å²) in [6.45, 7) is 4.38. The van der Waals surface area contributed by atoms with Crippen LogP contribution < -0.4 is 0 Å². The molecule has 1 nitrogen and oxygen atoms in total. The van der Waals surface area contributed by atoms with Gasteiger partial charge < -0.3 is 5.11 Å². The quantitative estimate of drug-likeness (QED) is 0.778. The van der Waals surface area contributed by atoms with Crippen molar-refractivity contribution in [2.24, 2.45) is 5.92 Å². The second kappa shape index (κ2) is 7.46. The van der Waals surface area contributed by atoms with Crippen LogP contribution in [0.4, 0.5) is 0 Å². The minimum atomic E-state index is -0.176. The summed E-state index contributed by atoms with van der Waals surface area (Å²) >= 11 is 5.17. The van der Waals surface area contributed by atoms with Gasteiger partial charge in [0.25, 0.3) is 0 Å². The zero-order valence-electron chi connectivity index (χ0n) is 10.1. The molecular formula is C13H21BrOS. The number of hydrogen-bond donors (Lipinski definition) is 1. The fourth-order valence-corrected chi connectivity index (χ4v) is 3.61. The molecule has 1 aromatic heterocycles. The highest BCUT2D eigenvalue weighted by molar-refractivity contribution is 9.10. The van der Waals surface area contributed by atoms with Crippen LogP contribution in [0.5, 0.6) is 0 Å². The number of halogens is 1. The van der Waals surface area contributed by atoms with Crippen LogP contribution in [0.3, 0.4) is 0 Å². The van der Waals surface area contributed by atoms with Gasteiger partial charge >= 0.3 is 0 Å². The predicted molar refractivity (Wildman–Crippen MR) is 75.0 cm³/mol. The van der Waals surface area contributed by atoms with E-state index in [9.17, 15) is 5.11 Å². The Morgan fingerprint density at radius 3 is 2.38 bits per heavy atom. The average molecular weight is 305 g/mol. The molecule has 16 heavy (non-hydrogen) atoms. The van der Waals surface area contributed by atoms with Crippen LogP contribution in [0.15, 0.2) is 15.9 Å². The molecule has 0 aliphatic heterocycles. The van der Waals surface area contributed by atoms with Crippen LogP contribution in [0.25, 0.3) is 0 Å². The second-order valence-electron chi connectivity index (χ2n) is 4.34. The van der Waals surface area contributed by atoms with Crippen LogP contribution in [0.2, 0.25) is 0 Å². The molecule has 0 aromatic carbocycles. The van der Waals surface area contributed by atoms with Crippen molar-refractivity contribution >= 4 is 27.3 Å². The molecular weight excluding hydrogens is 284 g/mol. The third-order valence-electron chi connectivity index (χ3n) is 2.90. The van der Waals surface area contributed by atoms with E-state index in [4.69, 9.17) is 0 Å². The van der Waals surface area contributed by atoms with E-state index in [0.717, 1.165) is 36.6 Å². The highest BCUT2D eigenvalue weighted by Gasteiger charge is 2.18. The van der Waals surface area contributed by atoms with E-state index in [-0.39, 0.29) is 6.10 Å². The zero-order valence-corrected chi connectivity index (χ0v) is 12.5. The maximum Gasteiger partial charge on any atom is 0.0616 e. The van der Waals surface area contributed by atoms with Gasteiger partial charge in [-0.05, 0) is 40.8 Å². The Labute approximate surface area is 111 Å². The van der Waals surface area contributed by atoms with E-state index >= 15 is 0 Å². The minimum Gasteiger partial charge on any atom is -0.392 e.